The highest BCUT2D eigenvalue weighted by atomic mass is 16.3. The molecule has 0 aliphatic carbocycles. The van der Waals surface area contributed by atoms with Gasteiger partial charge in [0.05, 0.1) is 19.0 Å². The highest BCUT2D eigenvalue weighted by Gasteiger charge is 2.09. The van der Waals surface area contributed by atoms with Crippen LogP contribution in [0, 0.1) is 0 Å². The van der Waals surface area contributed by atoms with Crippen molar-refractivity contribution in [1.29, 1.82) is 0 Å². The predicted octanol–water partition coefficient (Wildman–Crippen LogP) is 2.31. The van der Waals surface area contributed by atoms with Crippen molar-refractivity contribution in [2.75, 3.05) is 6.54 Å². The summed E-state index contributed by atoms with van der Waals surface area (Å²) in [6.45, 7) is -0.188. The molecule has 0 fully saturated rings. The summed E-state index contributed by atoms with van der Waals surface area (Å²) in [6.07, 6.45) is 2.97. The highest BCUT2D eigenvalue weighted by molar-refractivity contribution is 6.00. The Kier molecular flexibility index (Phi) is 4.67. The number of carbonyl (C=O) groups is 2. The van der Waals surface area contributed by atoms with Crippen LogP contribution >= 0.6 is 0 Å². The minimum absolute atomic E-state index is 0.155. The number of hydrogen-bond donors (Lipinski definition) is 2. The van der Waals surface area contributed by atoms with Crippen molar-refractivity contribution in [2.45, 2.75) is 0 Å². The fourth-order valence-corrected chi connectivity index (χ4v) is 2.23. The largest absolute Gasteiger partial charge is 0.459 e. The molecule has 6 nitrogen and oxygen atoms in total. The molecule has 1 heterocycles. The summed E-state index contributed by atoms with van der Waals surface area (Å²) in [7, 11) is 0. The molecule has 0 aliphatic heterocycles. The molecule has 0 saturated carbocycles. The normalized spacial score (nSPS) is 10.8. The molecule has 0 radical (unpaired) electrons. The highest BCUT2D eigenvalue weighted by Crippen LogP contribution is 2.16. The van der Waals surface area contributed by atoms with Gasteiger partial charge in [-0.3, -0.25) is 9.59 Å². The third-order valence-corrected chi connectivity index (χ3v) is 3.37. The maximum absolute atomic E-state index is 11.7. The van der Waals surface area contributed by atoms with Crippen LogP contribution in [0.4, 0.5) is 0 Å². The van der Waals surface area contributed by atoms with E-state index in [4.69, 9.17) is 4.42 Å². The van der Waals surface area contributed by atoms with E-state index in [1.807, 2.05) is 42.5 Å². The van der Waals surface area contributed by atoms with Gasteiger partial charge in [-0.15, -0.1) is 0 Å². The summed E-state index contributed by atoms with van der Waals surface area (Å²) in [6, 6.07) is 16.9. The SMILES string of the molecule is O=C(CNC(=O)c1ccco1)N/N=C/c1cccc2ccccc12. The van der Waals surface area contributed by atoms with Gasteiger partial charge in [-0.05, 0) is 22.9 Å². The molecule has 2 aromatic carbocycles. The third-order valence-electron chi connectivity index (χ3n) is 3.37. The minimum atomic E-state index is -0.451. The number of benzene rings is 2. The Morgan fingerprint density at radius 3 is 2.71 bits per heavy atom. The average Bonchev–Trinajstić information content (AvgIpc) is 3.14. The third kappa shape index (κ3) is 3.67. The molecule has 24 heavy (non-hydrogen) atoms. The molecule has 0 aliphatic rings. The molecule has 3 aromatic rings. The van der Waals surface area contributed by atoms with Gasteiger partial charge in [0.15, 0.2) is 5.76 Å². The van der Waals surface area contributed by atoms with Crippen molar-refractivity contribution in [2.24, 2.45) is 5.10 Å². The van der Waals surface area contributed by atoms with E-state index in [-0.39, 0.29) is 12.3 Å². The average molecular weight is 321 g/mol. The minimum Gasteiger partial charge on any atom is -0.459 e. The van der Waals surface area contributed by atoms with Gasteiger partial charge in [0.1, 0.15) is 0 Å². The smallest absolute Gasteiger partial charge is 0.287 e. The van der Waals surface area contributed by atoms with Crippen LogP contribution < -0.4 is 10.7 Å². The van der Waals surface area contributed by atoms with Crippen molar-refractivity contribution >= 4 is 28.8 Å². The maximum Gasteiger partial charge on any atom is 0.287 e. The summed E-state index contributed by atoms with van der Waals surface area (Å²) in [4.78, 5) is 23.3. The van der Waals surface area contributed by atoms with Gasteiger partial charge in [0.2, 0.25) is 0 Å². The van der Waals surface area contributed by atoms with E-state index < -0.39 is 11.8 Å². The van der Waals surface area contributed by atoms with Gasteiger partial charge >= 0.3 is 0 Å². The lowest BCUT2D eigenvalue weighted by Crippen LogP contribution is -2.34. The first-order valence-corrected chi connectivity index (χ1v) is 7.35. The van der Waals surface area contributed by atoms with E-state index in [2.05, 4.69) is 15.8 Å². The molecular weight excluding hydrogens is 306 g/mol. The van der Waals surface area contributed by atoms with Crippen LogP contribution in [0.3, 0.4) is 0 Å². The van der Waals surface area contributed by atoms with Gasteiger partial charge in [-0.1, -0.05) is 42.5 Å². The quantitative estimate of drug-likeness (QED) is 0.559. The zero-order valence-electron chi connectivity index (χ0n) is 12.7. The second-order valence-electron chi connectivity index (χ2n) is 5.02. The first-order valence-electron chi connectivity index (χ1n) is 7.35. The fraction of sp³-hybridized carbons (Fsp3) is 0.0556. The second-order valence-corrected chi connectivity index (χ2v) is 5.02. The van der Waals surface area contributed by atoms with E-state index in [0.717, 1.165) is 16.3 Å². The molecule has 120 valence electrons. The zero-order chi connectivity index (χ0) is 16.8. The summed E-state index contributed by atoms with van der Waals surface area (Å²) < 4.78 is 4.93. The van der Waals surface area contributed by atoms with Crippen LogP contribution in [0.5, 0.6) is 0 Å². The Hall–Kier alpha value is -3.41. The Balaban J connectivity index is 1.55. The van der Waals surface area contributed by atoms with E-state index in [1.54, 1.807) is 12.3 Å². The summed E-state index contributed by atoms with van der Waals surface area (Å²) >= 11 is 0. The van der Waals surface area contributed by atoms with E-state index in [0.29, 0.717) is 0 Å². The van der Waals surface area contributed by atoms with Crippen molar-refractivity contribution in [3.8, 4) is 0 Å². The van der Waals surface area contributed by atoms with Crippen molar-refractivity contribution in [3.05, 3.63) is 72.2 Å². The number of carbonyl (C=O) groups excluding carboxylic acids is 2. The summed E-state index contributed by atoms with van der Waals surface area (Å²) in [5, 5.41) is 8.52. The van der Waals surface area contributed by atoms with E-state index >= 15 is 0 Å². The Labute approximate surface area is 138 Å². The Morgan fingerprint density at radius 2 is 1.88 bits per heavy atom. The van der Waals surface area contributed by atoms with Gasteiger partial charge in [-0.2, -0.15) is 5.10 Å². The maximum atomic E-state index is 11.7. The fourth-order valence-electron chi connectivity index (χ4n) is 2.23. The van der Waals surface area contributed by atoms with Gasteiger partial charge < -0.3 is 9.73 Å². The number of amides is 2. The zero-order valence-corrected chi connectivity index (χ0v) is 12.7. The van der Waals surface area contributed by atoms with Crippen LogP contribution in [-0.4, -0.2) is 24.6 Å². The monoisotopic (exact) mass is 321 g/mol. The summed E-state index contributed by atoms with van der Waals surface area (Å²) in [5.41, 5.74) is 3.28. The van der Waals surface area contributed by atoms with Crippen molar-refractivity contribution < 1.29 is 14.0 Å². The Morgan fingerprint density at radius 1 is 1.04 bits per heavy atom. The molecule has 2 amide bonds. The van der Waals surface area contributed by atoms with Crippen LogP contribution in [0.25, 0.3) is 10.8 Å². The first-order chi connectivity index (χ1) is 11.7. The lowest BCUT2D eigenvalue weighted by atomic mass is 10.1. The number of rotatable bonds is 5. The molecule has 0 bridgehead atoms. The van der Waals surface area contributed by atoms with Gasteiger partial charge in [0, 0.05) is 5.56 Å². The number of hydrogen-bond acceptors (Lipinski definition) is 4. The number of hydrazone groups is 1. The van der Waals surface area contributed by atoms with Crippen LogP contribution in [0.1, 0.15) is 16.1 Å². The lowest BCUT2D eigenvalue weighted by molar-refractivity contribution is -0.120. The number of nitrogens with one attached hydrogen (secondary N) is 2. The number of furan rings is 1. The molecule has 0 unspecified atom stereocenters. The van der Waals surface area contributed by atoms with E-state index in [1.165, 1.54) is 12.3 Å². The van der Waals surface area contributed by atoms with E-state index in [9.17, 15) is 9.59 Å². The van der Waals surface area contributed by atoms with Crippen LogP contribution in [0.15, 0.2) is 70.4 Å². The van der Waals surface area contributed by atoms with Crippen LogP contribution in [0.2, 0.25) is 0 Å². The topological polar surface area (TPSA) is 83.7 Å². The molecule has 6 heteroatoms. The molecule has 3 rings (SSSR count). The Bertz CT molecular complexity index is 880. The van der Waals surface area contributed by atoms with Gasteiger partial charge in [-0.25, -0.2) is 5.43 Å². The standard InChI is InChI=1S/C18H15N3O3/c22-17(12-19-18(23)16-9-4-10-24-16)21-20-11-14-7-3-6-13-5-1-2-8-15(13)14/h1-11H,12H2,(H,19,23)(H,21,22)/b20-11+. The van der Waals surface area contributed by atoms with Crippen molar-refractivity contribution in [3.63, 3.8) is 0 Å². The summed E-state index contributed by atoms with van der Waals surface area (Å²) in [5.74, 6) is -0.721. The van der Waals surface area contributed by atoms with Crippen LogP contribution in [-0.2, 0) is 4.79 Å². The molecule has 0 atom stereocenters. The number of nitrogens with zero attached hydrogens (tertiary/aromatic N) is 1. The molecule has 0 saturated heterocycles. The predicted molar refractivity (Wildman–Crippen MR) is 90.7 cm³/mol. The lowest BCUT2D eigenvalue weighted by Gasteiger charge is -2.03. The molecule has 0 spiro atoms. The second kappa shape index (κ2) is 7.23. The molecular formula is C18H15N3O3. The first kappa shape index (κ1) is 15.5. The molecule has 1 aromatic heterocycles. The number of fused-ring (bicyclic) bond motifs is 1. The molecule has 2 N–H and O–H groups in total. The van der Waals surface area contributed by atoms with Gasteiger partial charge in [0.25, 0.3) is 11.8 Å². The van der Waals surface area contributed by atoms with Crippen molar-refractivity contribution in [1.82, 2.24) is 10.7 Å².